The summed E-state index contributed by atoms with van der Waals surface area (Å²) in [5.41, 5.74) is 4.25. The first-order chi connectivity index (χ1) is 21.6. The first-order valence-electron chi connectivity index (χ1n) is 14.5. The summed E-state index contributed by atoms with van der Waals surface area (Å²) in [6.45, 7) is 6.07. The number of carbonyl (C=O) groups is 2. The van der Waals surface area contributed by atoms with Crippen molar-refractivity contribution in [2.75, 3.05) is 73.1 Å². The molecule has 2 aromatic heterocycles. The molecule has 2 fully saturated rings. The number of morpholine rings is 2. The predicted octanol–water partition coefficient (Wildman–Crippen LogP) is 4.45. The van der Waals surface area contributed by atoms with Crippen LogP contribution >= 0.6 is 0 Å². The molecule has 2 aliphatic heterocycles. The molecular weight excluding hydrogens is 562 g/mol. The van der Waals surface area contributed by atoms with Crippen LogP contribution in [0.2, 0.25) is 0 Å². The normalized spacial score (nSPS) is 15.2. The number of anilines is 4. The van der Waals surface area contributed by atoms with Crippen LogP contribution in [-0.4, -0.2) is 79.6 Å². The van der Waals surface area contributed by atoms with E-state index >= 15 is 0 Å². The summed E-state index contributed by atoms with van der Waals surface area (Å²) >= 11 is 0. The summed E-state index contributed by atoms with van der Waals surface area (Å²) in [5.74, 6) is 1.78. The topological polar surface area (TPSA) is 131 Å². The molecule has 6 rings (SSSR count). The molecule has 0 bridgehead atoms. The Hall–Kier alpha value is -5.07. The summed E-state index contributed by atoms with van der Waals surface area (Å²) in [5, 5.41) is 5.69. The van der Waals surface area contributed by atoms with Gasteiger partial charge >= 0.3 is 6.03 Å². The highest BCUT2D eigenvalue weighted by Crippen LogP contribution is 2.38. The van der Waals surface area contributed by atoms with Gasteiger partial charge in [0.25, 0.3) is 5.91 Å². The quantitative estimate of drug-likeness (QED) is 0.303. The van der Waals surface area contributed by atoms with Crippen molar-refractivity contribution in [2.24, 2.45) is 0 Å². The third-order valence-electron chi connectivity index (χ3n) is 7.21. The second-order valence-electron chi connectivity index (χ2n) is 10.1. The number of hydrogen-bond donors (Lipinski definition) is 2. The van der Waals surface area contributed by atoms with Crippen molar-refractivity contribution in [2.45, 2.75) is 6.92 Å². The number of hydrogen-bond acceptors (Lipinski definition) is 9. The van der Waals surface area contributed by atoms with Crippen molar-refractivity contribution in [1.82, 2.24) is 15.0 Å². The van der Waals surface area contributed by atoms with Crippen LogP contribution in [0.1, 0.15) is 6.92 Å². The second-order valence-corrected chi connectivity index (χ2v) is 10.1. The fourth-order valence-corrected chi connectivity index (χ4v) is 5.04. The SMILES string of the molecule is CCOc1c(-c2cccnc2)nc(-c2ccc(NC(=O)Nc3ccc(N4CCOCC4=O)cc3)cc2)nc1N1CCOCC1. The van der Waals surface area contributed by atoms with E-state index in [2.05, 4.69) is 20.5 Å². The number of aromatic nitrogens is 3. The lowest BCUT2D eigenvalue weighted by atomic mass is 10.1. The monoisotopic (exact) mass is 595 g/mol. The number of urea groups is 1. The first-order valence-corrected chi connectivity index (χ1v) is 14.5. The summed E-state index contributed by atoms with van der Waals surface area (Å²) in [7, 11) is 0. The minimum Gasteiger partial charge on any atom is -0.488 e. The lowest BCUT2D eigenvalue weighted by molar-refractivity contribution is -0.125. The third kappa shape index (κ3) is 6.61. The average Bonchev–Trinajstić information content (AvgIpc) is 3.07. The molecule has 4 heterocycles. The van der Waals surface area contributed by atoms with Crippen LogP contribution in [0.15, 0.2) is 73.1 Å². The Kier molecular flexibility index (Phi) is 8.90. The Morgan fingerprint density at radius 1 is 0.886 bits per heavy atom. The molecule has 12 heteroatoms. The molecule has 2 aromatic carbocycles. The predicted molar refractivity (Wildman–Crippen MR) is 167 cm³/mol. The molecule has 0 aliphatic carbocycles. The van der Waals surface area contributed by atoms with Gasteiger partial charge in [0.2, 0.25) is 0 Å². The minimum atomic E-state index is -0.390. The summed E-state index contributed by atoms with van der Waals surface area (Å²) in [4.78, 5) is 42.8. The summed E-state index contributed by atoms with van der Waals surface area (Å²) in [6, 6.07) is 17.9. The molecule has 2 N–H and O–H groups in total. The molecule has 0 atom stereocenters. The maximum Gasteiger partial charge on any atom is 0.323 e. The average molecular weight is 596 g/mol. The van der Waals surface area contributed by atoms with Crippen molar-refractivity contribution in [1.29, 1.82) is 0 Å². The van der Waals surface area contributed by atoms with Crippen LogP contribution in [0, 0.1) is 0 Å². The van der Waals surface area contributed by atoms with Crippen LogP contribution in [0.25, 0.3) is 22.6 Å². The number of rotatable bonds is 8. The second kappa shape index (κ2) is 13.5. The van der Waals surface area contributed by atoms with Gasteiger partial charge in [0.05, 0.1) is 26.4 Å². The maximum absolute atomic E-state index is 12.7. The molecule has 0 spiro atoms. The molecule has 2 aliphatic rings. The largest absolute Gasteiger partial charge is 0.488 e. The van der Waals surface area contributed by atoms with E-state index in [1.165, 1.54) is 0 Å². The van der Waals surface area contributed by atoms with Gasteiger partial charge in [-0.2, -0.15) is 0 Å². The molecule has 0 unspecified atom stereocenters. The van der Waals surface area contributed by atoms with Crippen molar-refractivity contribution < 1.29 is 23.8 Å². The van der Waals surface area contributed by atoms with Crippen LogP contribution in [0.3, 0.4) is 0 Å². The van der Waals surface area contributed by atoms with Crippen molar-refractivity contribution >= 4 is 34.8 Å². The maximum atomic E-state index is 12.7. The summed E-state index contributed by atoms with van der Waals surface area (Å²) in [6.07, 6.45) is 3.48. The van der Waals surface area contributed by atoms with E-state index < -0.39 is 6.03 Å². The van der Waals surface area contributed by atoms with Gasteiger partial charge < -0.3 is 34.6 Å². The van der Waals surface area contributed by atoms with E-state index in [1.54, 1.807) is 53.7 Å². The Labute approximate surface area is 255 Å². The molecule has 0 saturated carbocycles. The molecule has 12 nitrogen and oxygen atoms in total. The highest BCUT2D eigenvalue weighted by Gasteiger charge is 2.24. The number of benzene rings is 2. The van der Waals surface area contributed by atoms with Crippen LogP contribution in [0.5, 0.6) is 5.75 Å². The van der Waals surface area contributed by atoms with Gasteiger partial charge in [0.15, 0.2) is 17.4 Å². The van der Waals surface area contributed by atoms with E-state index in [4.69, 9.17) is 24.2 Å². The van der Waals surface area contributed by atoms with Gasteiger partial charge in [-0.25, -0.2) is 14.8 Å². The molecule has 3 amide bonds. The fourth-order valence-electron chi connectivity index (χ4n) is 5.04. The van der Waals surface area contributed by atoms with Gasteiger partial charge in [0, 0.05) is 60.2 Å². The number of pyridine rings is 1. The van der Waals surface area contributed by atoms with E-state index in [0.717, 1.165) is 16.8 Å². The molecule has 44 heavy (non-hydrogen) atoms. The lowest BCUT2D eigenvalue weighted by Crippen LogP contribution is -2.41. The van der Waals surface area contributed by atoms with Gasteiger partial charge in [-0.3, -0.25) is 9.78 Å². The first kappa shape index (κ1) is 29.0. The number of nitrogens with zero attached hydrogens (tertiary/aromatic N) is 5. The van der Waals surface area contributed by atoms with Crippen molar-refractivity contribution in [3.05, 3.63) is 73.1 Å². The molecule has 0 radical (unpaired) electrons. The minimum absolute atomic E-state index is 0.0760. The molecule has 2 saturated heterocycles. The van der Waals surface area contributed by atoms with E-state index in [0.29, 0.717) is 80.5 Å². The van der Waals surface area contributed by atoms with E-state index in [-0.39, 0.29) is 12.5 Å². The fraction of sp³-hybridized carbons (Fsp3) is 0.281. The van der Waals surface area contributed by atoms with Gasteiger partial charge in [-0.15, -0.1) is 0 Å². The van der Waals surface area contributed by atoms with Gasteiger partial charge in [0.1, 0.15) is 12.3 Å². The molecule has 226 valence electrons. The zero-order valence-corrected chi connectivity index (χ0v) is 24.4. The summed E-state index contributed by atoms with van der Waals surface area (Å²) < 4.78 is 16.9. The Balaban J connectivity index is 1.20. The zero-order chi connectivity index (χ0) is 30.3. The van der Waals surface area contributed by atoms with Crippen LogP contribution in [0.4, 0.5) is 27.7 Å². The molecule has 4 aromatic rings. The number of ether oxygens (including phenoxy) is 3. The standard InChI is InChI=1S/C32H33N7O5/c1-2-44-29-28(23-4-3-13-33-20-23)36-30(37-31(29)38-14-17-42-18-15-38)22-5-7-24(8-6-22)34-32(41)35-25-9-11-26(12-10-25)39-16-19-43-21-27(39)40/h3-13,20H,2,14-19,21H2,1H3,(H2,34,35,41). The van der Waals surface area contributed by atoms with Crippen LogP contribution < -0.4 is 25.2 Å². The van der Waals surface area contributed by atoms with Crippen molar-refractivity contribution in [3.8, 4) is 28.4 Å². The van der Waals surface area contributed by atoms with Gasteiger partial charge in [-0.1, -0.05) is 0 Å². The lowest BCUT2D eigenvalue weighted by Gasteiger charge is -2.30. The highest BCUT2D eigenvalue weighted by atomic mass is 16.5. The van der Waals surface area contributed by atoms with E-state index in [1.807, 2.05) is 31.2 Å². The highest BCUT2D eigenvalue weighted by molar-refractivity contribution is 6.00. The Morgan fingerprint density at radius 2 is 1.59 bits per heavy atom. The Morgan fingerprint density at radius 3 is 2.25 bits per heavy atom. The third-order valence-corrected chi connectivity index (χ3v) is 7.21. The van der Waals surface area contributed by atoms with Crippen LogP contribution in [-0.2, 0) is 14.3 Å². The molecular formula is C32H33N7O5. The number of nitrogens with one attached hydrogen (secondary N) is 2. The number of carbonyl (C=O) groups excluding carboxylic acids is 2. The van der Waals surface area contributed by atoms with E-state index in [9.17, 15) is 9.59 Å². The number of amides is 3. The smallest absolute Gasteiger partial charge is 0.323 e. The van der Waals surface area contributed by atoms with Crippen molar-refractivity contribution in [3.63, 3.8) is 0 Å². The van der Waals surface area contributed by atoms with Gasteiger partial charge in [-0.05, 0) is 67.6 Å². The zero-order valence-electron chi connectivity index (χ0n) is 24.4. The Bertz CT molecular complexity index is 1590.